The van der Waals surface area contributed by atoms with E-state index in [0.29, 0.717) is 6.42 Å². The van der Waals surface area contributed by atoms with E-state index in [1.54, 1.807) is 18.7 Å². The molecule has 1 aliphatic rings. The Morgan fingerprint density at radius 2 is 1.68 bits per heavy atom. The molecular formula is C19H23NO3S2. The first-order chi connectivity index (χ1) is 11.9. The van der Waals surface area contributed by atoms with Crippen molar-refractivity contribution < 1.29 is 13.0 Å². The van der Waals surface area contributed by atoms with Crippen molar-refractivity contribution in [2.24, 2.45) is 0 Å². The molecule has 0 saturated carbocycles. The van der Waals surface area contributed by atoms with Crippen LogP contribution >= 0.6 is 11.8 Å². The second-order valence-electron chi connectivity index (χ2n) is 6.09. The molecule has 1 atom stereocenters. The Bertz CT molecular complexity index is 894. The minimum absolute atomic E-state index is 0.302. The zero-order valence-corrected chi connectivity index (χ0v) is 16.3. The number of benzene rings is 2. The van der Waals surface area contributed by atoms with Crippen molar-refractivity contribution in [2.45, 2.75) is 55.2 Å². The van der Waals surface area contributed by atoms with Gasteiger partial charge in [-0.2, -0.15) is 8.42 Å². The number of hydrogen-bond acceptors (Lipinski definition) is 4. The zero-order chi connectivity index (χ0) is 18.2. The predicted octanol–water partition coefficient (Wildman–Crippen LogP) is 5.04. The molecule has 134 valence electrons. The number of para-hydroxylation sites is 1. The summed E-state index contributed by atoms with van der Waals surface area (Å²) >= 11 is 1.69. The number of rotatable bonds is 5. The molecule has 0 fully saturated rings. The van der Waals surface area contributed by atoms with Crippen molar-refractivity contribution in [3.63, 3.8) is 0 Å². The lowest BCUT2D eigenvalue weighted by molar-refractivity contribution is 0.464. The van der Waals surface area contributed by atoms with Gasteiger partial charge in [0, 0.05) is 9.79 Å². The van der Waals surface area contributed by atoms with E-state index in [-0.39, 0.29) is 0 Å². The quantitative estimate of drug-likeness (QED) is 0.740. The van der Waals surface area contributed by atoms with Crippen molar-refractivity contribution >= 4 is 33.3 Å². The fraction of sp³-hybridized carbons (Fsp3) is 0.368. The van der Waals surface area contributed by atoms with Gasteiger partial charge in [-0.15, -0.1) is 0 Å². The largest absolute Gasteiger partial charge is 0.319 e. The molecule has 25 heavy (non-hydrogen) atoms. The lowest BCUT2D eigenvalue weighted by atomic mass is 10.1. The average molecular weight is 378 g/mol. The minimum atomic E-state index is -4.23. The Labute approximate surface area is 154 Å². The topological polar surface area (TPSA) is 57.6 Å². The molecule has 1 aliphatic heterocycles. The summed E-state index contributed by atoms with van der Waals surface area (Å²) in [6.07, 6.45) is 1.97. The van der Waals surface area contributed by atoms with Crippen molar-refractivity contribution in [1.29, 1.82) is 0 Å². The number of hydrogen-bond donors (Lipinski definition) is 1. The van der Waals surface area contributed by atoms with Crippen LogP contribution in [0.15, 0.2) is 46.2 Å². The predicted molar refractivity (Wildman–Crippen MR) is 104 cm³/mol. The highest BCUT2D eigenvalue weighted by Crippen LogP contribution is 2.52. The molecule has 0 amide bonds. The van der Waals surface area contributed by atoms with E-state index in [0.717, 1.165) is 39.6 Å². The number of aryl methyl sites for hydroxylation is 2. The first kappa shape index (κ1) is 18.3. The van der Waals surface area contributed by atoms with E-state index in [4.69, 9.17) is 0 Å². The summed E-state index contributed by atoms with van der Waals surface area (Å²) in [4.78, 5) is 3.94. The van der Waals surface area contributed by atoms with E-state index in [1.165, 1.54) is 5.56 Å². The van der Waals surface area contributed by atoms with Crippen molar-refractivity contribution in [1.82, 2.24) is 0 Å². The molecule has 0 spiro atoms. The Morgan fingerprint density at radius 1 is 1.04 bits per heavy atom. The highest BCUT2D eigenvalue weighted by atomic mass is 32.2. The van der Waals surface area contributed by atoms with Crippen LogP contribution in [-0.4, -0.2) is 18.3 Å². The second kappa shape index (κ2) is 7.02. The van der Waals surface area contributed by atoms with E-state index in [9.17, 15) is 13.0 Å². The number of anilines is 2. The lowest BCUT2D eigenvalue weighted by Gasteiger charge is -2.38. The maximum absolute atomic E-state index is 12.1. The maximum Gasteiger partial charge on any atom is 0.286 e. The fourth-order valence-electron chi connectivity index (χ4n) is 3.42. The SMILES string of the molecule is CCc1cccc2c1Sc1cccc(CC)c1N2C(CC)S(=O)(=O)O. The first-order valence-corrected chi connectivity index (χ1v) is 10.9. The van der Waals surface area contributed by atoms with Crippen LogP contribution in [0.1, 0.15) is 38.3 Å². The van der Waals surface area contributed by atoms with Crippen LogP contribution in [0.3, 0.4) is 0 Å². The molecule has 1 unspecified atom stereocenters. The van der Waals surface area contributed by atoms with Gasteiger partial charge < -0.3 is 4.90 Å². The minimum Gasteiger partial charge on any atom is -0.319 e. The molecule has 6 heteroatoms. The summed E-state index contributed by atoms with van der Waals surface area (Å²) in [6, 6.07) is 12.0. The fourth-order valence-corrected chi connectivity index (χ4v) is 5.64. The van der Waals surface area contributed by atoms with E-state index >= 15 is 0 Å². The Kier molecular flexibility index (Phi) is 5.14. The molecule has 3 rings (SSSR count). The third-order valence-electron chi connectivity index (χ3n) is 4.61. The summed E-state index contributed by atoms with van der Waals surface area (Å²) in [5, 5.41) is -0.995. The average Bonchev–Trinajstić information content (AvgIpc) is 2.59. The Hall–Kier alpha value is -1.50. The summed E-state index contributed by atoms with van der Waals surface area (Å²) in [5.41, 5.74) is 4.03. The zero-order valence-electron chi connectivity index (χ0n) is 14.7. The van der Waals surface area contributed by atoms with Crippen LogP contribution in [0.5, 0.6) is 0 Å². The van der Waals surface area contributed by atoms with Crippen LogP contribution in [0.2, 0.25) is 0 Å². The molecule has 4 nitrogen and oxygen atoms in total. The van der Waals surface area contributed by atoms with Gasteiger partial charge >= 0.3 is 0 Å². The molecule has 0 saturated heterocycles. The Balaban J connectivity index is 2.33. The van der Waals surface area contributed by atoms with Gasteiger partial charge in [0.25, 0.3) is 10.1 Å². The highest BCUT2D eigenvalue weighted by molar-refractivity contribution is 7.99. The molecule has 0 aromatic heterocycles. The maximum atomic E-state index is 12.1. The molecule has 2 aromatic rings. The molecule has 1 N–H and O–H groups in total. The monoisotopic (exact) mass is 377 g/mol. The number of fused-ring (bicyclic) bond motifs is 2. The third-order valence-corrected chi connectivity index (χ3v) is 7.07. The van der Waals surface area contributed by atoms with Gasteiger partial charge in [0.2, 0.25) is 0 Å². The summed E-state index contributed by atoms with van der Waals surface area (Å²) in [6.45, 7) is 5.95. The van der Waals surface area contributed by atoms with Gasteiger partial charge in [-0.25, -0.2) is 0 Å². The third kappa shape index (κ3) is 3.18. The van der Waals surface area contributed by atoms with Crippen LogP contribution in [0.4, 0.5) is 11.4 Å². The molecule has 0 aliphatic carbocycles. The van der Waals surface area contributed by atoms with E-state index in [1.807, 2.05) is 35.2 Å². The number of nitrogens with zero attached hydrogens (tertiary/aromatic N) is 1. The normalized spacial score (nSPS) is 14.8. The standard InChI is InChI=1S/C19H23NO3S2/c1-4-13-9-8-12-16-18(13)20(17(6-3)25(21,22)23)15-11-7-10-14(5-2)19(15)24-16/h7-12,17H,4-6H2,1-3H3,(H,21,22,23). The first-order valence-electron chi connectivity index (χ1n) is 8.59. The molecular weight excluding hydrogens is 354 g/mol. The van der Waals surface area contributed by atoms with Crippen LogP contribution in [0, 0.1) is 0 Å². The second-order valence-corrected chi connectivity index (χ2v) is 8.71. The van der Waals surface area contributed by atoms with Gasteiger partial charge in [0.05, 0.1) is 11.4 Å². The molecule has 2 aromatic carbocycles. The Morgan fingerprint density at radius 3 is 2.28 bits per heavy atom. The molecule has 0 radical (unpaired) electrons. The summed E-state index contributed by atoms with van der Waals surface area (Å²) < 4.78 is 34.2. The lowest BCUT2D eigenvalue weighted by Crippen LogP contribution is -2.39. The summed E-state index contributed by atoms with van der Waals surface area (Å²) in [5.74, 6) is 0. The highest BCUT2D eigenvalue weighted by Gasteiger charge is 2.36. The van der Waals surface area contributed by atoms with E-state index in [2.05, 4.69) is 19.9 Å². The van der Waals surface area contributed by atoms with Gasteiger partial charge in [0.1, 0.15) is 0 Å². The van der Waals surface area contributed by atoms with Crippen molar-refractivity contribution in [2.75, 3.05) is 4.90 Å². The molecule has 1 heterocycles. The van der Waals surface area contributed by atoms with Crippen LogP contribution in [0.25, 0.3) is 0 Å². The van der Waals surface area contributed by atoms with Crippen LogP contribution in [-0.2, 0) is 23.0 Å². The smallest absolute Gasteiger partial charge is 0.286 e. The van der Waals surface area contributed by atoms with Gasteiger partial charge in [-0.3, -0.25) is 4.55 Å². The van der Waals surface area contributed by atoms with Crippen LogP contribution < -0.4 is 4.90 Å². The van der Waals surface area contributed by atoms with Gasteiger partial charge in [-0.05, 0) is 42.5 Å². The van der Waals surface area contributed by atoms with Gasteiger partial charge in [0.15, 0.2) is 5.37 Å². The van der Waals surface area contributed by atoms with Gasteiger partial charge in [-0.1, -0.05) is 56.8 Å². The van der Waals surface area contributed by atoms with E-state index < -0.39 is 15.5 Å². The van der Waals surface area contributed by atoms with Crippen molar-refractivity contribution in [3.8, 4) is 0 Å². The van der Waals surface area contributed by atoms with Crippen molar-refractivity contribution in [3.05, 3.63) is 47.5 Å². The summed E-state index contributed by atoms with van der Waals surface area (Å²) in [7, 11) is -4.23. The molecule has 0 bridgehead atoms.